The maximum atomic E-state index is 14.4. The van der Waals surface area contributed by atoms with Crippen molar-refractivity contribution in [2.45, 2.75) is 24.4 Å². The van der Waals surface area contributed by atoms with Crippen molar-refractivity contribution in [2.75, 3.05) is 6.26 Å². The molecule has 0 saturated carbocycles. The quantitative estimate of drug-likeness (QED) is 0.316. The molecule has 0 N–H and O–H groups in total. The van der Waals surface area contributed by atoms with Gasteiger partial charge in [0.1, 0.15) is 0 Å². The van der Waals surface area contributed by atoms with Gasteiger partial charge in [0.15, 0.2) is 5.71 Å². The Morgan fingerprint density at radius 2 is 1.53 bits per heavy atom. The molecule has 0 unspecified atom stereocenters. The molecule has 4 nitrogen and oxygen atoms in total. The number of oxime groups is 1. The summed E-state index contributed by atoms with van der Waals surface area (Å²) in [6.45, 7) is 0. The summed E-state index contributed by atoms with van der Waals surface area (Å²) >= 11 is 0. The normalized spacial score (nSPS) is 15.0. The maximum Gasteiger partial charge on any atom is 0.460 e. The molecule has 0 atom stereocenters. The summed E-state index contributed by atoms with van der Waals surface area (Å²) in [4.78, 5) is 0. The van der Waals surface area contributed by atoms with Crippen LogP contribution in [0.25, 0.3) is 11.1 Å². The lowest BCUT2D eigenvalue weighted by molar-refractivity contribution is -0.336. The van der Waals surface area contributed by atoms with Crippen molar-refractivity contribution in [2.24, 2.45) is 5.16 Å². The lowest BCUT2D eigenvalue weighted by Gasteiger charge is -2.28. The Morgan fingerprint density at radius 3 is 2.13 bits per heavy atom. The van der Waals surface area contributed by atoms with Crippen LogP contribution in [0.5, 0.6) is 0 Å². The van der Waals surface area contributed by atoms with E-state index in [9.17, 15) is 39.2 Å². The summed E-state index contributed by atoms with van der Waals surface area (Å²) in [7, 11) is -4.58. The molecule has 2 aromatic rings. The maximum absolute atomic E-state index is 14.4. The second-order valence-electron chi connectivity index (χ2n) is 6.57. The summed E-state index contributed by atoms with van der Waals surface area (Å²) in [6, 6.07) is 9.79. The fourth-order valence-corrected chi connectivity index (χ4v) is 3.20. The van der Waals surface area contributed by atoms with Gasteiger partial charge < -0.3 is 0 Å². The van der Waals surface area contributed by atoms with Crippen molar-refractivity contribution in [1.82, 2.24) is 0 Å². The summed E-state index contributed by atoms with van der Waals surface area (Å²) in [5.74, 6) is -12.5. The van der Waals surface area contributed by atoms with E-state index in [4.69, 9.17) is 0 Å². The van der Waals surface area contributed by atoms with Crippen LogP contribution in [0.1, 0.15) is 16.7 Å². The van der Waals surface area contributed by atoms with Gasteiger partial charge in [-0.2, -0.15) is 39.2 Å². The van der Waals surface area contributed by atoms with Gasteiger partial charge in [-0.05, 0) is 34.7 Å². The highest BCUT2D eigenvalue weighted by Crippen LogP contribution is 2.48. The largest absolute Gasteiger partial charge is 0.460 e. The standard InChI is InChI=1S/C18H12F7NO3S/c1-30(27,28)29-26-15(16(19,20)17(21,22)18(23,24)25)12-7-6-11-8-10-4-2-3-5-13(10)14(11)9-12/h2-7,9H,8H2,1H3. The first-order chi connectivity index (χ1) is 13.6. The van der Waals surface area contributed by atoms with E-state index in [1.54, 1.807) is 24.3 Å². The number of hydrogen-bond acceptors (Lipinski definition) is 4. The van der Waals surface area contributed by atoms with Gasteiger partial charge in [-0.15, -0.1) is 0 Å². The van der Waals surface area contributed by atoms with Gasteiger partial charge in [-0.1, -0.05) is 41.6 Å². The topological polar surface area (TPSA) is 55.7 Å². The van der Waals surface area contributed by atoms with Crippen LogP contribution in [-0.2, 0) is 20.8 Å². The van der Waals surface area contributed by atoms with E-state index in [0.29, 0.717) is 29.4 Å². The second kappa shape index (κ2) is 6.96. The summed E-state index contributed by atoms with van der Waals surface area (Å²) < 4.78 is 120. The van der Waals surface area contributed by atoms with Crippen LogP contribution in [0.15, 0.2) is 47.6 Å². The highest BCUT2D eigenvalue weighted by atomic mass is 32.2. The average Bonchev–Trinajstić information content (AvgIpc) is 2.97. The van der Waals surface area contributed by atoms with Crippen LogP contribution in [0.4, 0.5) is 30.7 Å². The molecule has 0 bridgehead atoms. The second-order valence-corrected chi connectivity index (χ2v) is 8.13. The number of rotatable bonds is 5. The average molecular weight is 455 g/mol. The van der Waals surface area contributed by atoms with Crippen LogP contribution in [0.2, 0.25) is 0 Å². The van der Waals surface area contributed by atoms with Crippen molar-refractivity contribution in [3.8, 4) is 11.1 Å². The highest BCUT2D eigenvalue weighted by Gasteiger charge is 2.75. The van der Waals surface area contributed by atoms with Gasteiger partial charge in [0.25, 0.3) is 0 Å². The number of alkyl halides is 7. The van der Waals surface area contributed by atoms with E-state index in [2.05, 4.69) is 9.44 Å². The first kappa shape index (κ1) is 22.1. The molecule has 30 heavy (non-hydrogen) atoms. The van der Waals surface area contributed by atoms with Crippen molar-refractivity contribution in [3.63, 3.8) is 0 Å². The monoisotopic (exact) mass is 455 g/mol. The Balaban J connectivity index is 2.19. The molecule has 162 valence electrons. The van der Waals surface area contributed by atoms with Crippen molar-refractivity contribution >= 4 is 15.8 Å². The van der Waals surface area contributed by atoms with Crippen molar-refractivity contribution in [3.05, 3.63) is 59.2 Å². The molecular formula is C18H12F7NO3S. The number of fused-ring (bicyclic) bond motifs is 3. The molecule has 12 heteroatoms. The minimum absolute atomic E-state index is 0.321. The first-order valence-electron chi connectivity index (χ1n) is 8.16. The fraction of sp³-hybridized carbons (Fsp3) is 0.278. The van der Waals surface area contributed by atoms with Crippen molar-refractivity contribution < 1.29 is 43.4 Å². The van der Waals surface area contributed by atoms with Gasteiger partial charge in [0.2, 0.25) is 0 Å². The number of benzene rings is 2. The number of halogens is 7. The molecule has 1 aliphatic carbocycles. The van der Waals surface area contributed by atoms with E-state index in [-0.39, 0.29) is 0 Å². The van der Waals surface area contributed by atoms with Gasteiger partial charge >= 0.3 is 28.1 Å². The molecule has 1 aliphatic rings. The molecule has 0 aromatic heterocycles. The number of hydrogen-bond donors (Lipinski definition) is 0. The molecule has 2 aromatic carbocycles. The Hall–Kier alpha value is -2.63. The minimum atomic E-state index is -6.63. The van der Waals surface area contributed by atoms with Crippen LogP contribution in [0, 0.1) is 0 Å². The predicted molar refractivity (Wildman–Crippen MR) is 93.1 cm³/mol. The molecule has 0 saturated heterocycles. The first-order valence-corrected chi connectivity index (χ1v) is 9.98. The molecular weight excluding hydrogens is 443 g/mol. The fourth-order valence-electron chi connectivity index (χ4n) is 2.99. The molecule has 0 radical (unpaired) electrons. The van der Waals surface area contributed by atoms with Gasteiger partial charge in [-0.3, -0.25) is 4.28 Å². The van der Waals surface area contributed by atoms with E-state index < -0.39 is 39.4 Å². The Morgan fingerprint density at radius 1 is 0.933 bits per heavy atom. The van der Waals surface area contributed by atoms with Crippen LogP contribution >= 0.6 is 0 Å². The third kappa shape index (κ3) is 3.75. The molecule has 3 rings (SSSR count). The lowest BCUT2D eigenvalue weighted by Crippen LogP contribution is -2.56. The Labute approximate surface area is 166 Å². The van der Waals surface area contributed by atoms with Gasteiger partial charge in [0.05, 0.1) is 6.26 Å². The third-order valence-corrected chi connectivity index (χ3v) is 4.73. The SMILES string of the molecule is CS(=O)(=O)ON=C(c1ccc2c(c1)-c1ccccc1C2)C(F)(F)C(F)(F)C(F)(F)F. The Bertz CT molecular complexity index is 1120. The van der Waals surface area contributed by atoms with Crippen LogP contribution < -0.4 is 0 Å². The highest BCUT2D eigenvalue weighted by molar-refractivity contribution is 7.85. The summed E-state index contributed by atoms with van der Waals surface area (Å²) in [5.41, 5.74) is -0.701. The molecule has 0 spiro atoms. The molecule has 0 amide bonds. The lowest BCUT2D eigenvalue weighted by atomic mass is 9.95. The molecule has 0 heterocycles. The zero-order valence-electron chi connectivity index (χ0n) is 15.0. The summed E-state index contributed by atoms with van der Waals surface area (Å²) in [5, 5.41) is 2.50. The van der Waals surface area contributed by atoms with Gasteiger partial charge in [0, 0.05) is 5.56 Å². The minimum Gasteiger partial charge on any atom is -0.268 e. The van der Waals surface area contributed by atoms with E-state index >= 15 is 0 Å². The molecule has 0 fully saturated rings. The van der Waals surface area contributed by atoms with E-state index in [1.165, 1.54) is 6.07 Å². The smallest absolute Gasteiger partial charge is 0.268 e. The summed E-state index contributed by atoms with van der Waals surface area (Å²) in [6.07, 6.45) is -5.87. The zero-order valence-corrected chi connectivity index (χ0v) is 15.8. The third-order valence-electron chi connectivity index (χ3n) is 4.38. The zero-order chi connectivity index (χ0) is 22.5. The van der Waals surface area contributed by atoms with Crippen LogP contribution in [0.3, 0.4) is 0 Å². The number of nitrogens with zero attached hydrogens (tertiary/aromatic N) is 1. The predicted octanol–water partition coefficient (Wildman–Crippen LogP) is 4.77. The van der Waals surface area contributed by atoms with Crippen LogP contribution in [-0.4, -0.2) is 38.4 Å². The van der Waals surface area contributed by atoms with Crippen molar-refractivity contribution in [1.29, 1.82) is 0 Å². The van der Waals surface area contributed by atoms with E-state index in [1.807, 2.05) is 0 Å². The van der Waals surface area contributed by atoms with E-state index in [0.717, 1.165) is 17.7 Å². The molecule has 0 aliphatic heterocycles. The Kier molecular flexibility index (Phi) is 5.12. The van der Waals surface area contributed by atoms with Gasteiger partial charge in [-0.25, -0.2) is 0 Å².